The molecular formula is C15H16O4S. The first kappa shape index (κ1) is 16.0. The zero-order valence-electron chi connectivity index (χ0n) is 11.0. The molecule has 0 aliphatic carbocycles. The summed E-state index contributed by atoms with van der Waals surface area (Å²) in [5, 5.41) is 0. The molecule has 4 nitrogen and oxygen atoms in total. The van der Waals surface area contributed by atoms with Crippen molar-refractivity contribution in [2.45, 2.75) is 11.0 Å². The molecule has 0 fully saturated rings. The highest BCUT2D eigenvalue weighted by Crippen LogP contribution is 2.19. The van der Waals surface area contributed by atoms with E-state index in [1.807, 2.05) is 30.3 Å². The minimum absolute atomic E-state index is 0.00966. The van der Waals surface area contributed by atoms with Crippen molar-refractivity contribution in [2.24, 2.45) is 0 Å². The molecule has 0 heterocycles. The Bertz CT molecular complexity index is 470. The van der Waals surface area contributed by atoms with Crippen LogP contribution in [0.3, 0.4) is 0 Å². The molecule has 0 N–H and O–H groups in total. The lowest BCUT2D eigenvalue weighted by molar-refractivity contribution is -0.151. The van der Waals surface area contributed by atoms with E-state index in [4.69, 9.17) is 9.47 Å². The number of carbonyl (C=O) groups excluding carboxylic acids is 2. The lowest BCUT2D eigenvalue weighted by Crippen LogP contribution is -2.26. The van der Waals surface area contributed by atoms with E-state index in [-0.39, 0.29) is 6.61 Å². The minimum atomic E-state index is -0.547. The Morgan fingerprint density at radius 3 is 2.40 bits per heavy atom. The molecule has 1 aromatic rings. The Kier molecular flexibility index (Phi) is 7.21. The number of hydrogen-bond acceptors (Lipinski definition) is 5. The van der Waals surface area contributed by atoms with Crippen molar-refractivity contribution in [3.63, 3.8) is 0 Å². The third-order valence-corrected chi connectivity index (χ3v) is 3.35. The summed E-state index contributed by atoms with van der Waals surface area (Å²) in [5.41, 5.74) is 0. The van der Waals surface area contributed by atoms with E-state index in [1.54, 1.807) is 0 Å². The van der Waals surface area contributed by atoms with Gasteiger partial charge in [-0.15, -0.1) is 11.8 Å². The summed E-state index contributed by atoms with van der Waals surface area (Å²) in [6.45, 7) is 6.63. The minimum Gasteiger partial charge on any atom is -0.459 e. The molecule has 0 aliphatic rings. The first-order chi connectivity index (χ1) is 9.65. The van der Waals surface area contributed by atoms with Gasteiger partial charge in [-0.3, -0.25) is 0 Å². The maximum Gasteiger partial charge on any atom is 0.330 e. The average molecular weight is 292 g/mol. The molecule has 1 atom stereocenters. The standard InChI is InChI=1S/C15H16O4S/c1-3-14(16)18-10-12(19-15(17)4-2)11-20-13-8-6-5-7-9-13/h3-9,12H,1-2,10-11H2. The van der Waals surface area contributed by atoms with Crippen LogP contribution in [0.15, 0.2) is 60.5 Å². The first-order valence-corrected chi connectivity index (χ1v) is 6.94. The van der Waals surface area contributed by atoms with Crippen LogP contribution in [-0.2, 0) is 19.1 Å². The van der Waals surface area contributed by atoms with Gasteiger partial charge >= 0.3 is 11.9 Å². The normalized spacial score (nSPS) is 11.2. The van der Waals surface area contributed by atoms with E-state index in [9.17, 15) is 9.59 Å². The predicted molar refractivity (Wildman–Crippen MR) is 78.4 cm³/mol. The molecule has 0 saturated carbocycles. The van der Waals surface area contributed by atoms with Gasteiger partial charge in [0.1, 0.15) is 12.7 Å². The smallest absolute Gasteiger partial charge is 0.330 e. The number of ether oxygens (including phenoxy) is 2. The lowest BCUT2D eigenvalue weighted by atomic mass is 10.4. The number of hydrogen-bond donors (Lipinski definition) is 0. The Hall–Kier alpha value is -2.01. The largest absolute Gasteiger partial charge is 0.459 e. The molecule has 20 heavy (non-hydrogen) atoms. The van der Waals surface area contributed by atoms with Crippen molar-refractivity contribution < 1.29 is 19.1 Å². The van der Waals surface area contributed by atoms with E-state index in [0.29, 0.717) is 5.75 Å². The third-order valence-electron chi connectivity index (χ3n) is 2.21. The van der Waals surface area contributed by atoms with E-state index >= 15 is 0 Å². The van der Waals surface area contributed by atoms with Gasteiger partial charge in [-0.25, -0.2) is 9.59 Å². The van der Waals surface area contributed by atoms with Crippen LogP contribution in [-0.4, -0.2) is 30.4 Å². The van der Waals surface area contributed by atoms with Crippen LogP contribution in [0.1, 0.15) is 0 Å². The molecule has 106 valence electrons. The second-order valence-electron chi connectivity index (χ2n) is 3.72. The van der Waals surface area contributed by atoms with Crippen LogP contribution in [0.4, 0.5) is 0 Å². The molecule has 0 aromatic heterocycles. The quantitative estimate of drug-likeness (QED) is 0.419. The summed E-state index contributed by atoms with van der Waals surface area (Å²) in [5.74, 6) is -0.610. The molecule has 0 saturated heterocycles. The van der Waals surface area contributed by atoms with Gasteiger partial charge in [0.05, 0.1) is 0 Å². The molecule has 1 aromatic carbocycles. The second-order valence-corrected chi connectivity index (χ2v) is 4.81. The van der Waals surface area contributed by atoms with Crippen molar-refractivity contribution in [3.8, 4) is 0 Å². The highest BCUT2D eigenvalue weighted by atomic mass is 32.2. The number of carbonyl (C=O) groups is 2. The van der Waals surface area contributed by atoms with Gasteiger partial charge in [0, 0.05) is 22.8 Å². The topological polar surface area (TPSA) is 52.6 Å². The maximum atomic E-state index is 11.2. The first-order valence-electron chi connectivity index (χ1n) is 5.95. The molecule has 0 radical (unpaired) electrons. The molecule has 5 heteroatoms. The van der Waals surface area contributed by atoms with Crippen LogP contribution in [0, 0.1) is 0 Å². The molecule has 0 aliphatic heterocycles. The van der Waals surface area contributed by atoms with Crippen LogP contribution in [0.25, 0.3) is 0 Å². The molecule has 0 spiro atoms. The fourth-order valence-electron chi connectivity index (χ4n) is 1.27. The molecule has 1 rings (SSSR count). The van der Waals surface area contributed by atoms with Crippen molar-refractivity contribution in [3.05, 3.63) is 55.6 Å². The molecule has 0 amide bonds. The van der Waals surface area contributed by atoms with E-state index < -0.39 is 18.0 Å². The highest BCUT2D eigenvalue weighted by molar-refractivity contribution is 7.99. The summed E-state index contributed by atoms with van der Waals surface area (Å²) in [6.07, 6.45) is 1.61. The summed E-state index contributed by atoms with van der Waals surface area (Å²) in [7, 11) is 0. The Morgan fingerprint density at radius 1 is 1.15 bits per heavy atom. The SMILES string of the molecule is C=CC(=O)OCC(CSc1ccccc1)OC(=O)C=C. The third kappa shape index (κ3) is 6.24. The van der Waals surface area contributed by atoms with Crippen molar-refractivity contribution in [2.75, 3.05) is 12.4 Å². The molecule has 1 unspecified atom stereocenters. The molecule has 0 bridgehead atoms. The van der Waals surface area contributed by atoms with Gasteiger partial charge in [-0.2, -0.15) is 0 Å². The fraction of sp³-hybridized carbons (Fsp3) is 0.200. The zero-order chi connectivity index (χ0) is 14.8. The summed E-state index contributed by atoms with van der Waals surface area (Å²) < 4.78 is 10.0. The number of benzene rings is 1. The zero-order valence-corrected chi connectivity index (χ0v) is 11.8. The Morgan fingerprint density at radius 2 is 1.80 bits per heavy atom. The van der Waals surface area contributed by atoms with Crippen LogP contribution in [0.2, 0.25) is 0 Å². The molecular weight excluding hydrogens is 276 g/mol. The fourth-order valence-corrected chi connectivity index (χ4v) is 2.16. The van der Waals surface area contributed by atoms with E-state index in [0.717, 1.165) is 17.0 Å². The van der Waals surface area contributed by atoms with Gasteiger partial charge in [0.15, 0.2) is 0 Å². The van der Waals surface area contributed by atoms with Crippen molar-refractivity contribution in [1.82, 2.24) is 0 Å². The maximum absolute atomic E-state index is 11.2. The summed E-state index contributed by atoms with van der Waals surface area (Å²) in [4.78, 5) is 23.3. The van der Waals surface area contributed by atoms with Crippen molar-refractivity contribution >= 4 is 23.7 Å². The van der Waals surface area contributed by atoms with Gasteiger partial charge in [0.25, 0.3) is 0 Å². The highest BCUT2D eigenvalue weighted by Gasteiger charge is 2.15. The van der Waals surface area contributed by atoms with Crippen molar-refractivity contribution in [1.29, 1.82) is 0 Å². The van der Waals surface area contributed by atoms with E-state index in [1.165, 1.54) is 11.8 Å². The summed E-state index contributed by atoms with van der Waals surface area (Å²) >= 11 is 1.51. The number of rotatable bonds is 8. The van der Waals surface area contributed by atoms with E-state index in [2.05, 4.69) is 13.2 Å². The van der Waals surface area contributed by atoms with Gasteiger partial charge in [-0.05, 0) is 12.1 Å². The van der Waals surface area contributed by atoms with Gasteiger partial charge in [0.2, 0.25) is 0 Å². The number of esters is 2. The average Bonchev–Trinajstić information content (AvgIpc) is 2.50. The Labute approximate surface area is 122 Å². The van der Waals surface area contributed by atoms with Crippen LogP contribution < -0.4 is 0 Å². The second kappa shape index (κ2) is 8.98. The summed E-state index contributed by atoms with van der Waals surface area (Å²) in [6, 6.07) is 9.67. The predicted octanol–water partition coefficient (Wildman–Crippen LogP) is 2.61. The van der Waals surface area contributed by atoms with Crippen LogP contribution >= 0.6 is 11.8 Å². The lowest BCUT2D eigenvalue weighted by Gasteiger charge is -2.16. The number of thioether (sulfide) groups is 1. The van der Waals surface area contributed by atoms with Gasteiger partial charge < -0.3 is 9.47 Å². The van der Waals surface area contributed by atoms with Crippen LogP contribution in [0.5, 0.6) is 0 Å². The monoisotopic (exact) mass is 292 g/mol. The Balaban J connectivity index is 2.52. The van der Waals surface area contributed by atoms with Gasteiger partial charge in [-0.1, -0.05) is 31.4 Å².